The summed E-state index contributed by atoms with van der Waals surface area (Å²) in [5, 5.41) is 4.54. The van der Waals surface area contributed by atoms with Gasteiger partial charge < -0.3 is 4.74 Å². The molecule has 2 aromatic carbocycles. The fraction of sp³-hybridized carbons (Fsp3) is 0.125. The van der Waals surface area contributed by atoms with E-state index in [2.05, 4.69) is 26.5 Å². The number of hydrazone groups is 1. The fourth-order valence-corrected chi connectivity index (χ4v) is 1.97. The first-order valence-corrected chi connectivity index (χ1v) is 7.72. The van der Waals surface area contributed by atoms with Crippen LogP contribution in [0, 0.1) is 0 Å². The molecule has 1 atom stereocenters. The first-order valence-electron chi connectivity index (χ1n) is 6.55. The number of ether oxygens (including phenoxy) is 1. The van der Waals surface area contributed by atoms with Gasteiger partial charge in [0.15, 0.2) is 6.10 Å². The maximum atomic E-state index is 11.9. The number of halogens is 2. The van der Waals surface area contributed by atoms with E-state index in [1.807, 2.05) is 12.1 Å². The maximum absolute atomic E-state index is 11.9. The Balaban J connectivity index is 1.85. The minimum absolute atomic E-state index is 0.326. The highest BCUT2D eigenvalue weighted by Crippen LogP contribution is 2.17. The van der Waals surface area contributed by atoms with E-state index in [4.69, 9.17) is 16.3 Å². The van der Waals surface area contributed by atoms with Crippen LogP contribution in [0.15, 0.2) is 58.1 Å². The van der Waals surface area contributed by atoms with Gasteiger partial charge in [-0.05, 0) is 48.9 Å². The molecule has 0 bridgehead atoms. The third-order valence-electron chi connectivity index (χ3n) is 2.75. The molecule has 4 nitrogen and oxygen atoms in total. The third-order valence-corrected chi connectivity index (χ3v) is 3.53. The van der Waals surface area contributed by atoms with Gasteiger partial charge in [0.25, 0.3) is 5.91 Å². The Morgan fingerprint density at radius 2 is 1.86 bits per heavy atom. The first-order chi connectivity index (χ1) is 10.5. The van der Waals surface area contributed by atoms with Gasteiger partial charge in [0.1, 0.15) is 5.75 Å². The van der Waals surface area contributed by atoms with Crippen molar-refractivity contribution < 1.29 is 9.53 Å². The Hall–Kier alpha value is -1.85. The molecule has 0 unspecified atom stereocenters. The number of carbonyl (C=O) groups is 1. The summed E-state index contributed by atoms with van der Waals surface area (Å²) >= 11 is 9.13. The third kappa shape index (κ3) is 5.16. The molecule has 0 aromatic heterocycles. The molecule has 1 amide bonds. The summed E-state index contributed by atoms with van der Waals surface area (Å²) in [6, 6.07) is 14.4. The fourth-order valence-electron chi connectivity index (χ4n) is 1.58. The predicted octanol–water partition coefficient (Wildman–Crippen LogP) is 4.02. The lowest BCUT2D eigenvalue weighted by Crippen LogP contribution is -2.33. The summed E-state index contributed by atoms with van der Waals surface area (Å²) in [5.74, 6) is 0.292. The van der Waals surface area contributed by atoms with Gasteiger partial charge in [-0.15, -0.1) is 0 Å². The quantitative estimate of drug-likeness (QED) is 0.628. The molecule has 0 heterocycles. The molecule has 1 N–H and O–H groups in total. The molecule has 0 aliphatic rings. The molecule has 2 rings (SSSR count). The van der Waals surface area contributed by atoms with Crippen LogP contribution in [0.3, 0.4) is 0 Å². The molecule has 0 spiro atoms. The Labute approximate surface area is 142 Å². The second-order valence-corrected chi connectivity index (χ2v) is 5.85. The van der Waals surface area contributed by atoms with Crippen molar-refractivity contribution >= 4 is 39.7 Å². The van der Waals surface area contributed by atoms with Crippen LogP contribution < -0.4 is 10.2 Å². The average Bonchev–Trinajstić information content (AvgIpc) is 2.51. The summed E-state index contributed by atoms with van der Waals surface area (Å²) in [6.07, 6.45) is 0.893. The van der Waals surface area contributed by atoms with Crippen LogP contribution in [0.25, 0.3) is 0 Å². The maximum Gasteiger partial charge on any atom is 0.280 e. The lowest BCUT2D eigenvalue weighted by molar-refractivity contribution is -0.127. The topological polar surface area (TPSA) is 50.7 Å². The molecule has 0 saturated heterocycles. The van der Waals surface area contributed by atoms with E-state index >= 15 is 0 Å². The minimum atomic E-state index is -0.649. The zero-order valence-electron chi connectivity index (χ0n) is 11.8. The SMILES string of the molecule is C[C@H](Oc1ccc(Br)cc1)C(=O)N/N=C\c1ccc(Cl)cc1. The second kappa shape index (κ2) is 7.96. The Kier molecular flexibility index (Phi) is 5.98. The van der Waals surface area contributed by atoms with Crippen LogP contribution in [-0.4, -0.2) is 18.2 Å². The number of benzene rings is 2. The molecular weight excluding hydrogens is 368 g/mol. The van der Waals surface area contributed by atoms with Crippen molar-refractivity contribution in [2.45, 2.75) is 13.0 Å². The zero-order valence-corrected chi connectivity index (χ0v) is 14.1. The molecule has 0 fully saturated rings. The normalized spacial score (nSPS) is 12.1. The molecular formula is C16H14BrClN2O2. The van der Waals surface area contributed by atoms with Crippen molar-refractivity contribution in [2.75, 3.05) is 0 Å². The number of carbonyl (C=O) groups excluding carboxylic acids is 1. The van der Waals surface area contributed by atoms with Gasteiger partial charge in [-0.1, -0.05) is 39.7 Å². The number of rotatable bonds is 5. The Morgan fingerprint density at radius 1 is 1.23 bits per heavy atom. The molecule has 22 heavy (non-hydrogen) atoms. The molecule has 6 heteroatoms. The van der Waals surface area contributed by atoms with E-state index in [0.29, 0.717) is 10.8 Å². The van der Waals surface area contributed by atoms with E-state index in [1.54, 1.807) is 49.5 Å². The lowest BCUT2D eigenvalue weighted by atomic mass is 10.2. The van der Waals surface area contributed by atoms with Crippen molar-refractivity contribution in [3.05, 3.63) is 63.6 Å². The van der Waals surface area contributed by atoms with Gasteiger partial charge in [-0.25, -0.2) is 5.43 Å². The Morgan fingerprint density at radius 3 is 2.50 bits per heavy atom. The van der Waals surface area contributed by atoms with Crippen molar-refractivity contribution in [1.29, 1.82) is 0 Å². The standard InChI is InChI=1S/C16H14BrClN2O2/c1-11(22-15-8-4-13(17)5-9-15)16(21)20-19-10-12-2-6-14(18)7-3-12/h2-11H,1H3,(H,20,21)/b19-10-/t11-/m0/s1. The number of nitrogens with zero attached hydrogens (tertiary/aromatic N) is 1. The van der Waals surface area contributed by atoms with E-state index in [1.165, 1.54) is 0 Å². The van der Waals surface area contributed by atoms with Crippen LogP contribution in [0.1, 0.15) is 12.5 Å². The Bertz CT molecular complexity index is 657. The van der Waals surface area contributed by atoms with Gasteiger partial charge in [0.2, 0.25) is 0 Å². The van der Waals surface area contributed by atoms with E-state index in [9.17, 15) is 4.79 Å². The monoisotopic (exact) mass is 380 g/mol. The molecule has 2 aromatic rings. The van der Waals surface area contributed by atoms with E-state index in [0.717, 1.165) is 10.0 Å². The summed E-state index contributed by atoms with van der Waals surface area (Å²) in [6.45, 7) is 1.66. The summed E-state index contributed by atoms with van der Waals surface area (Å²) in [5.41, 5.74) is 3.28. The number of hydrogen-bond donors (Lipinski definition) is 1. The van der Waals surface area contributed by atoms with Gasteiger partial charge in [0, 0.05) is 9.50 Å². The highest BCUT2D eigenvalue weighted by Gasteiger charge is 2.13. The summed E-state index contributed by atoms with van der Waals surface area (Å²) in [4.78, 5) is 11.9. The highest BCUT2D eigenvalue weighted by molar-refractivity contribution is 9.10. The summed E-state index contributed by atoms with van der Waals surface area (Å²) in [7, 11) is 0. The molecule has 0 saturated carbocycles. The van der Waals surface area contributed by atoms with Crippen LogP contribution in [0.5, 0.6) is 5.75 Å². The smallest absolute Gasteiger partial charge is 0.280 e. The van der Waals surface area contributed by atoms with Crippen LogP contribution in [0.2, 0.25) is 5.02 Å². The van der Waals surface area contributed by atoms with Crippen molar-refractivity contribution in [3.8, 4) is 5.75 Å². The first kappa shape index (κ1) is 16.5. The zero-order chi connectivity index (χ0) is 15.9. The second-order valence-electron chi connectivity index (χ2n) is 4.50. The number of hydrogen-bond acceptors (Lipinski definition) is 3. The lowest BCUT2D eigenvalue weighted by Gasteiger charge is -2.12. The average molecular weight is 382 g/mol. The minimum Gasteiger partial charge on any atom is -0.481 e. The van der Waals surface area contributed by atoms with Crippen LogP contribution >= 0.6 is 27.5 Å². The van der Waals surface area contributed by atoms with Gasteiger partial charge in [-0.3, -0.25) is 4.79 Å². The van der Waals surface area contributed by atoms with E-state index < -0.39 is 6.10 Å². The van der Waals surface area contributed by atoms with Gasteiger partial charge in [-0.2, -0.15) is 5.10 Å². The molecule has 0 radical (unpaired) electrons. The van der Waals surface area contributed by atoms with Crippen molar-refractivity contribution in [1.82, 2.24) is 5.43 Å². The number of nitrogens with one attached hydrogen (secondary N) is 1. The molecule has 0 aliphatic heterocycles. The predicted molar refractivity (Wildman–Crippen MR) is 91.4 cm³/mol. The van der Waals surface area contributed by atoms with Crippen LogP contribution in [0.4, 0.5) is 0 Å². The van der Waals surface area contributed by atoms with E-state index in [-0.39, 0.29) is 5.91 Å². The van der Waals surface area contributed by atoms with Crippen LogP contribution in [-0.2, 0) is 4.79 Å². The van der Waals surface area contributed by atoms with Gasteiger partial charge in [0.05, 0.1) is 6.21 Å². The number of amides is 1. The van der Waals surface area contributed by atoms with Crippen molar-refractivity contribution in [3.63, 3.8) is 0 Å². The molecule has 114 valence electrons. The van der Waals surface area contributed by atoms with Gasteiger partial charge >= 0.3 is 0 Å². The van der Waals surface area contributed by atoms with Crippen molar-refractivity contribution in [2.24, 2.45) is 5.10 Å². The largest absolute Gasteiger partial charge is 0.481 e. The summed E-state index contributed by atoms with van der Waals surface area (Å²) < 4.78 is 6.47. The molecule has 0 aliphatic carbocycles. The highest BCUT2D eigenvalue weighted by atomic mass is 79.9.